The van der Waals surface area contributed by atoms with Gasteiger partial charge < -0.3 is 10.2 Å². The average Bonchev–Trinajstić information content (AvgIpc) is 3.23. The quantitative estimate of drug-likeness (QED) is 0.744. The van der Waals surface area contributed by atoms with Gasteiger partial charge in [-0.05, 0) is 17.5 Å². The predicted molar refractivity (Wildman–Crippen MR) is 107 cm³/mol. The van der Waals surface area contributed by atoms with Crippen LogP contribution in [-0.4, -0.2) is 39.8 Å². The molecule has 26 heavy (non-hydrogen) atoms. The number of aromatic nitrogens is 2. The first-order valence-electron chi connectivity index (χ1n) is 8.74. The largest absolute Gasteiger partial charge is 0.333 e. The van der Waals surface area contributed by atoms with Gasteiger partial charge in [-0.3, -0.25) is 9.20 Å². The van der Waals surface area contributed by atoms with Gasteiger partial charge in [0, 0.05) is 37.4 Å². The molecule has 3 aromatic rings. The van der Waals surface area contributed by atoms with Crippen molar-refractivity contribution < 1.29 is 4.79 Å². The van der Waals surface area contributed by atoms with E-state index in [2.05, 4.69) is 41.5 Å². The normalized spacial score (nSPS) is 17.3. The lowest BCUT2D eigenvalue weighted by Gasteiger charge is -2.36. The van der Waals surface area contributed by atoms with Gasteiger partial charge in [0.25, 0.3) is 0 Å². The molecule has 7 heteroatoms. The Labute approximate surface area is 163 Å². The van der Waals surface area contributed by atoms with E-state index in [1.807, 2.05) is 27.1 Å². The zero-order valence-electron chi connectivity index (χ0n) is 14.7. The fourth-order valence-corrected chi connectivity index (χ4v) is 4.11. The molecule has 138 valence electrons. The van der Waals surface area contributed by atoms with Gasteiger partial charge in [0.1, 0.15) is 0 Å². The highest BCUT2D eigenvalue weighted by molar-refractivity contribution is 7.15. The lowest BCUT2D eigenvalue weighted by atomic mass is 10.0. The van der Waals surface area contributed by atoms with Crippen LogP contribution in [0.25, 0.3) is 4.96 Å². The number of imidazole rings is 1. The van der Waals surface area contributed by atoms with Gasteiger partial charge in [-0.2, -0.15) is 0 Å². The molecule has 1 unspecified atom stereocenters. The van der Waals surface area contributed by atoms with Crippen molar-refractivity contribution in [2.45, 2.75) is 25.8 Å². The van der Waals surface area contributed by atoms with Crippen LogP contribution in [0.15, 0.2) is 42.0 Å². The van der Waals surface area contributed by atoms with E-state index in [1.54, 1.807) is 11.3 Å². The lowest BCUT2D eigenvalue weighted by Crippen LogP contribution is -2.49. The topological polar surface area (TPSA) is 49.6 Å². The van der Waals surface area contributed by atoms with Gasteiger partial charge >= 0.3 is 0 Å². The van der Waals surface area contributed by atoms with E-state index in [4.69, 9.17) is 0 Å². The molecule has 0 saturated carbocycles. The molecule has 1 aliphatic rings. The van der Waals surface area contributed by atoms with Crippen molar-refractivity contribution in [3.8, 4) is 0 Å². The van der Waals surface area contributed by atoms with Crippen LogP contribution in [0.4, 0.5) is 0 Å². The number of hydrogen-bond acceptors (Lipinski definition) is 4. The summed E-state index contributed by atoms with van der Waals surface area (Å²) in [5.74, 6) is 0.150. The molecule has 0 aliphatic carbocycles. The highest BCUT2D eigenvalue weighted by Gasteiger charge is 2.28. The molecule has 1 aromatic carbocycles. The van der Waals surface area contributed by atoms with Crippen LogP contribution < -0.4 is 5.32 Å². The minimum atomic E-state index is 0. The Bertz CT molecular complexity index is 845. The molecule has 1 atom stereocenters. The standard InChI is InChI=1S/C19H22N4OS.ClH/c1-2-14-3-5-15(6-4-14)17-12-20-7-8-23(17)18(24)11-16-13-22-9-10-25-19(22)21-16;/h3-6,9-10,13,17,20H,2,7-8,11-12H2,1H3;1H. The molecule has 0 spiro atoms. The van der Waals surface area contributed by atoms with Crippen LogP contribution in [-0.2, 0) is 17.6 Å². The van der Waals surface area contributed by atoms with Crippen LogP contribution in [0.5, 0.6) is 0 Å². The van der Waals surface area contributed by atoms with Crippen LogP contribution >= 0.6 is 23.7 Å². The van der Waals surface area contributed by atoms with E-state index in [0.717, 1.165) is 36.7 Å². The molecule has 1 fully saturated rings. The smallest absolute Gasteiger partial charge is 0.229 e. The number of halogens is 1. The Kier molecular flexibility index (Phi) is 5.96. The second kappa shape index (κ2) is 8.20. The molecule has 1 amide bonds. The molecule has 0 radical (unpaired) electrons. The summed E-state index contributed by atoms with van der Waals surface area (Å²) in [5, 5.41) is 5.42. The maximum Gasteiger partial charge on any atom is 0.229 e. The highest BCUT2D eigenvalue weighted by Crippen LogP contribution is 2.24. The van der Waals surface area contributed by atoms with Gasteiger partial charge in [0.2, 0.25) is 5.91 Å². The van der Waals surface area contributed by atoms with Crippen molar-refractivity contribution in [2.75, 3.05) is 19.6 Å². The van der Waals surface area contributed by atoms with Crippen molar-refractivity contribution in [2.24, 2.45) is 0 Å². The van der Waals surface area contributed by atoms with E-state index < -0.39 is 0 Å². The second-order valence-electron chi connectivity index (χ2n) is 6.40. The van der Waals surface area contributed by atoms with Crippen molar-refractivity contribution in [3.63, 3.8) is 0 Å². The summed E-state index contributed by atoms with van der Waals surface area (Å²) in [6.45, 7) is 4.53. The number of carbonyl (C=O) groups excluding carboxylic acids is 1. The van der Waals surface area contributed by atoms with Crippen LogP contribution in [0, 0.1) is 0 Å². The lowest BCUT2D eigenvalue weighted by molar-refractivity contribution is -0.133. The minimum Gasteiger partial charge on any atom is -0.333 e. The molecule has 2 aromatic heterocycles. The maximum atomic E-state index is 12.9. The maximum absolute atomic E-state index is 12.9. The van der Waals surface area contributed by atoms with E-state index in [9.17, 15) is 4.79 Å². The van der Waals surface area contributed by atoms with Crippen LogP contribution in [0.2, 0.25) is 0 Å². The number of carbonyl (C=O) groups is 1. The number of nitrogens with one attached hydrogen (secondary N) is 1. The number of nitrogens with zero attached hydrogens (tertiary/aromatic N) is 3. The van der Waals surface area contributed by atoms with Gasteiger partial charge in [0.15, 0.2) is 4.96 Å². The Morgan fingerprint density at radius 3 is 2.88 bits per heavy atom. The predicted octanol–water partition coefficient (Wildman–Crippen LogP) is 3.10. The third-order valence-electron chi connectivity index (χ3n) is 4.81. The van der Waals surface area contributed by atoms with Crippen molar-refractivity contribution in [1.29, 1.82) is 0 Å². The summed E-state index contributed by atoms with van der Waals surface area (Å²) in [6, 6.07) is 8.73. The molecule has 1 aliphatic heterocycles. The summed E-state index contributed by atoms with van der Waals surface area (Å²) in [6.07, 6.45) is 5.32. The zero-order valence-corrected chi connectivity index (χ0v) is 16.4. The first-order valence-corrected chi connectivity index (χ1v) is 9.62. The Morgan fingerprint density at radius 2 is 2.15 bits per heavy atom. The van der Waals surface area contributed by atoms with Crippen LogP contribution in [0.3, 0.4) is 0 Å². The van der Waals surface area contributed by atoms with Crippen LogP contribution in [0.1, 0.15) is 29.8 Å². The Hall–Kier alpha value is -1.89. The first kappa shape index (κ1) is 18.9. The number of fused-ring (bicyclic) bond motifs is 1. The van der Waals surface area contributed by atoms with Gasteiger partial charge in [-0.15, -0.1) is 23.7 Å². The van der Waals surface area contributed by atoms with Crippen molar-refractivity contribution in [1.82, 2.24) is 19.6 Å². The number of thiazole rings is 1. The van der Waals surface area contributed by atoms with Crippen molar-refractivity contribution in [3.05, 3.63) is 58.9 Å². The number of piperazine rings is 1. The molecule has 4 rings (SSSR count). The average molecular weight is 391 g/mol. The van der Waals surface area contributed by atoms with Gasteiger partial charge in [-0.1, -0.05) is 31.2 Å². The van der Waals surface area contributed by atoms with E-state index in [-0.39, 0.29) is 24.4 Å². The molecule has 3 heterocycles. The summed E-state index contributed by atoms with van der Waals surface area (Å²) < 4.78 is 1.98. The summed E-state index contributed by atoms with van der Waals surface area (Å²) in [4.78, 5) is 20.4. The van der Waals surface area contributed by atoms with E-state index in [1.165, 1.54) is 11.1 Å². The zero-order chi connectivity index (χ0) is 17.2. The number of benzene rings is 1. The molecule has 5 nitrogen and oxygen atoms in total. The monoisotopic (exact) mass is 390 g/mol. The van der Waals surface area contributed by atoms with Crippen molar-refractivity contribution >= 4 is 34.6 Å². The minimum absolute atomic E-state index is 0. The Balaban J connectivity index is 0.00000196. The summed E-state index contributed by atoms with van der Waals surface area (Å²) in [7, 11) is 0. The number of aryl methyl sites for hydroxylation is 1. The fourth-order valence-electron chi connectivity index (χ4n) is 3.39. The number of hydrogen-bond donors (Lipinski definition) is 1. The summed E-state index contributed by atoms with van der Waals surface area (Å²) >= 11 is 1.59. The number of amides is 1. The third kappa shape index (κ3) is 3.77. The molecule has 1 N–H and O–H groups in total. The molecular formula is C19H23ClN4OS. The molecule has 1 saturated heterocycles. The van der Waals surface area contributed by atoms with Gasteiger partial charge in [0.05, 0.1) is 18.2 Å². The Morgan fingerprint density at radius 1 is 1.35 bits per heavy atom. The second-order valence-corrected chi connectivity index (χ2v) is 7.28. The SMILES string of the molecule is CCc1ccc(C2CNCCN2C(=O)Cc2cn3ccsc3n2)cc1.Cl. The highest BCUT2D eigenvalue weighted by atomic mass is 35.5. The fraction of sp³-hybridized carbons (Fsp3) is 0.368. The number of rotatable bonds is 4. The molecule has 0 bridgehead atoms. The van der Waals surface area contributed by atoms with Gasteiger partial charge in [-0.25, -0.2) is 4.98 Å². The van der Waals surface area contributed by atoms with E-state index >= 15 is 0 Å². The third-order valence-corrected chi connectivity index (χ3v) is 5.58. The summed E-state index contributed by atoms with van der Waals surface area (Å²) in [5.41, 5.74) is 3.36. The van der Waals surface area contributed by atoms with E-state index in [0.29, 0.717) is 6.42 Å². The first-order chi connectivity index (χ1) is 12.2. The molecular weight excluding hydrogens is 368 g/mol.